The number of anilines is 2. The molecule has 26 heavy (non-hydrogen) atoms. The third kappa shape index (κ3) is 2.87. The molecule has 0 spiro atoms. The molecule has 1 saturated carbocycles. The average Bonchev–Trinajstić information content (AvgIpc) is 2.69. The van der Waals surface area contributed by atoms with Gasteiger partial charge in [-0.25, -0.2) is 4.98 Å². The van der Waals surface area contributed by atoms with Gasteiger partial charge in [0.25, 0.3) is 0 Å². The van der Waals surface area contributed by atoms with Crippen LogP contribution in [0.3, 0.4) is 0 Å². The SMILES string of the molecule is CCNc1nc(N)nc2nc(C3(c4ccccc4)CCCCC3)ccc12. The first-order chi connectivity index (χ1) is 12.7. The van der Waals surface area contributed by atoms with Gasteiger partial charge in [0.2, 0.25) is 5.95 Å². The Balaban J connectivity index is 1.88. The summed E-state index contributed by atoms with van der Waals surface area (Å²) in [6.07, 6.45) is 5.99. The van der Waals surface area contributed by atoms with Crippen LogP contribution < -0.4 is 11.1 Å². The minimum absolute atomic E-state index is 0.0360. The highest BCUT2D eigenvalue weighted by Crippen LogP contribution is 2.44. The Hall–Kier alpha value is -2.69. The van der Waals surface area contributed by atoms with Crippen molar-refractivity contribution in [3.63, 3.8) is 0 Å². The molecule has 3 N–H and O–H groups in total. The van der Waals surface area contributed by atoms with Gasteiger partial charge in [-0.2, -0.15) is 9.97 Å². The molecule has 3 aromatic rings. The van der Waals surface area contributed by atoms with Gasteiger partial charge in [-0.3, -0.25) is 0 Å². The van der Waals surface area contributed by atoms with Crippen LogP contribution >= 0.6 is 0 Å². The lowest BCUT2D eigenvalue weighted by atomic mass is 9.67. The Bertz CT molecular complexity index is 901. The van der Waals surface area contributed by atoms with Gasteiger partial charge in [0.15, 0.2) is 5.65 Å². The van der Waals surface area contributed by atoms with Crippen LogP contribution in [0.2, 0.25) is 0 Å². The fraction of sp³-hybridized carbons (Fsp3) is 0.381. The quantitative estimate of drug-likeness (QED) is 0.736. The third-order valence-corrected chi connectivity index (χ3v) is 5.45. The second-order valence-corrected chi connectivity index (χ2v) is 7.04. The molecule has 5 heteroatoms. The lowest BCUT2D eigenvalue weighted by molar-refractivity contribution is 0.339. The number of nitrogens with one attached hydrogen (secondary N) is 1. The van der Waals surface area contributed by atoms with Crippen LogP contribution in [0.1, 0.15) is 50.3 Å². The van der Waals surface area contributed by atoms with E-state index in [-0.39, 0.29) is 11.4 Å². The van der Waals surface area contributed by atoms with E-state index in [1.54, 1.807) is 0 Å². The highest BCUT2D eigenvalue weighted by Gasteiger charge is 2.37. The smallest absolute Gasteiger partial charge is 0.224 e. The van der Waals surface area contributed by atoms with Gasteiger partial charge >= 0.3 is 0 Å². The molecule has 5 nitrogen and oxygen atoms in total. The standard InChI is InChI=1S/C21H25N5/c1-2-23-18-16-11-12-17(24-19(16)26-20(22)25-18)21(13-7-4-8-14-21)15-9-5-3-6-10-15/h3,5-6,9-12H,2,4,7-8,13-14H2,1H3,(H3,22,23,24,25,26). The minimum atomic E-state index is -0.0360. The van der Waals surface area contributed by atoms with Crippen molar-refractivity contribution in [2.75, 3.05) is 17.6 Å². The maximum absolute atomic E-state index is 5.93. The Kier molecular flexibility index (Phi) is 4.45. The highest BCUT2D eigenvalue weighted by molar-refractivity contribution is 5.87. The van der Waals surface area contributed by atoms with E-state index in [9.17, 15) is 0 Å². The number of pyridine rings is 1. The molecule has 1 fully saturated rings. The number of nitrogens with zero attached hydrogens (tertiary/aromatic N) is 3. The fourth-order valence-electron chi connectivity index (χ4n) is 4.20. The molecule has 1 aliphatic carbocycles. The van der Waals surface area contributed by atoms with Crippen LogP contribution in [-0.2, 0) is 5.41 Å². The zero-order valence-corrected chi connectivity index (χ0v) is 15.2. The molecule has 0 radical (unpaired) electrons. The maximum atomic E-state index is 5.93. The molecule has 4 rings (SSSR count). The van der Waals surface area contributed by atoms with Crippen molar-refractivity contribution in [2.24, 2.45) is 0 Å². The van der Waals surface area contributed by atoms with Crippen molar-refractivity contribution in [2.45, 2.75) is 44.4 Å². The number of nitrogens with two attached hydrogens (primary N) is 1. The summed E-state index contributed by atoms with van der Waals surface area (Å²) in [5.41, 5.74) is 9.00. The van der Waals surface area contributed by atoms with E-state index in [4.69, 9.17) is 10.7 Å². The summed E-state index contributed by atoms with van der Waals surface area (Å²) < 4.78 is 0. The molecule has 0 bridgehead atoms. The number of rotatable bonds is 4. The molecule has 0 atom stereocenters. The van der Waals surface area contributed by atoms with E-state index in [1.807, 2.05) is 6.92 Å². The summed E-state index contributed by atoms with van der Waals surface area (Å²) in [5.74, 6) is 1.02. The van der Waals surface area contributed by atoms with Gasteiger partial charge in [0.05, 0.1) is 11.1 Å². The Morgan fingerprint density at radius 1 is 0.962 bits per heavy atom. The van der Waals surface area contributed by atoms with E-state index in [0.29, 0.717) is 5.65 Å². The van der Waals surface area contributed by atoms with Gasteiger partial charge in [-0.15, -0.1) is 0 Å². The van der Waals surface area contributed by atoms with Crippen LogP contribution in [0.4, 0.5) is 11.8 Å². The summed E-state index contributed by atoms with van der Waals surface area (Å²) in [5, 5.41) is 4.18. The Morgan fingerprint density at radius 3 is 2.46 bits per heavy atom. The van der Waals surface area contributed by atoms with Crippen molar-refractivity contribution in [1.82, 2.24) is 15.0 Å². The van der Waals surface area contributed by atoms with E-state index in [1.165, 1.54) is 24.8 Å². The molecule has 0 unspecified atom stereocenters. The zero-order valence-electron chi connectivity index (χ0n) is 15.2. The third-order valence-electron chi connectivity index (χ3n) is 5.45. The molecular weight excluding hydrogens is 322 g/mol. The lowest BCUT2D eigenvalue weighted by Gasteiger charge is -2.37. The zero-order chi connectivity index (χ0) is 18.0. The van der Waals surface area contributed by atoms with Crippen molar-refractivity contribution in [3.05, 3.63) is 53.7 Å². The number of aromatic nitrogens is 3. The summed E-state index contributed by atoms with van der Waals surface area (Å²) in [6, 6.07) is 15.0. The summed E-state index contributed by atoms with van der Waals surface area (Å²) in [7, 11) is 0. The predicted molar refractivity (Wildman–Crippen MR) is 106 cm³/mol. The molecule has 2 heterocycles. The van der Waals surface area contributed by atoms with E-state index >= 15 is 0 Å². The van der Waals surface area contributed by atoms with Crippen molar-refractivity contribution >= 4 is 22.8 Å². The molecule has 2 aromatic heterocycles. The van der Waals surface area contributed by atoms with E-state index < -0.39 is 0 Å². The Morgan fingerprint density at radius 2 is 1.73 bits per heavy atom. The molecule has 1 aromatic carbocycles. The predicted octanol–water partition coefficient (Wildman–Crippen LogP) is 4.29. The second-order valence-electron chi connectivity index (χ2n) is 7.04. The normalized spacial score (nSPS) is 16.5. The molecule has 0 amide bonds. The van der Waals surface area contributed by atoms with Gasteiger partial charge < -0.3 is 11.1 Å². The van der Waals surface area contributed by atoms with Crippen LogP contribution in [0, 0.1) is 0 Å². The van der Waals surface area contributed by atoms with Crippen LogP contribution in [-0.4, -0.2) is 21.5 Å². The maximum Gasteiger partial charge on any atom is 0.224 e. The Labute approximate surface area is 154 Å². The number of hydrogen-bond acceptors (Lipinski definition) is 5. The van der Waals surface area contributed by atoms with E-state index in [2.05, 4.69) is 57.7 Å². The largest absolute Gasteiger partial charge is 0.370 e. The van der Waals surface area contributed by atoms with Crippen molar-refractivity contribution in [1.29, 1.82) is 0 Å². The number of hydrogen-bond donors (Lipinski definition) is 2. The number of benzene rings is 1. The number of fused-ring (bicyclic) bond motifs is 1. The van der Waals surface area contributed by atoms with E-state index in [0.717, 1.165) is 36.3 Å². The average molecular weight is 347 g/mol. The van der Waals surface area contributed by atoms with Gasteiger partial charge in [-0.1, -0.05) is 49.6 Å². The molecule has 0 aliphatic heterocycles. The monoisotopic (exact) mass is 347 g/mol. The first-order valence-electron chi connectivity index (χ1n) is 9.47. The second kappa shape index (κ2) is 6.90. The minimum Gasteiger partial charge on any atom is -0.370 e. The van der Waals surface area contributed by atoms with Gasteiger partial charge in [-0.05, 0) is 37.5 Å². The molecule has 0 saturated heterocycles. The molecule has 134 valence electrons. The van der Waals surface area contributed by atoms with Crippen molar-refractivity contribution in [3.8, 4) is 0 Å². The summed E-state index contributed by atoms with van der Waals surface area (Å²) in [4.78, 5) is 13.7. The van der Waals surface area contributed by atoms with Gasteiger partial charge in [0, 0.05) is 12.0 Å². The summed E-state index contributed by atoms with van der Waals surface area (Å²) >= 11 is 0. The topological polar surface area (TPSA) is 76.7 Å². The number of nitrogen functional groups attached to an aromatic ring is 1. The molecule has 1 aliphatic rings. The first-order valence-corrected chi connectivity index (χ1v) is 9.47. The van der Waals surface area contributed by atoms with Crippen LogP contribution in [0.15, 0.2) is 42.5 Å². The van der Waals surface area contributed by atoms with Crippen LogP contribution in [0.5, 0.6) is 0 Å². The lowest BCUT2D eigenvalue weighted by Crippen LogP contribution is -2.31. The van der Waals surface area contributed by atoms with Crippen LogP contribution in [0.25, 0.3) is 11.0 Å². The fourth-order valence-corrected chi connectivity index (χ4v) is 4.20. The summed E-state index contributed by atoms with van der Waals surface area (Å²) in [6.45, 7) is 2.82. The molecular formula is C21H25N5. The highest BCUT2D eigenvalue weighted by atomic mass is 15.1. The van der Waals surface area contributed by atoms with Gasteiger partial charge in [0.1, 0.15) is 5.82 Å². The first kappa shape index (κ1) is 16.8. The van der Waals surface area contributed by atoms with Crippen molar-refractivity contribution < 1.29 is 0 Å².